The van der Waals surface area contributed by atoms with Gasteiger partial charge in [-0.2, -0.15) is 0 Å². The van der Waals surface area contributed by atoms with E-state index in [0.29, 0.717) is 11.4 Å². The molecule has 2 heterocycles. The monoisotopic (exact) mass is 204 g/mol. The summed E-state index contributed by atoms with van der Waals surface area (Å²) in [5.41, 5.74) is 1.21. The van der Waals surface area contributed by atoms with Crippen LogP contribution < -0.4 is 10.3 Å². The van der Waals surface area contributed by atoms with Crippen LogP contribution in [0.3, 0.4) is 0 Å². The molecule has 4 heteroatoms. The van der Waals surface area contributed by atoms with E-state index in [4.69, 9.17) is 4.74 Å². The summed E-state index contributed by atoms with van der Waals surface area (Å²) in [5, 5.41) is 0. The Morgan fingerprint density at radius 1 is 1.60 bits per heavy atom. The van der Waals surface area contributed by atoms with Crippen LogP contribution in [0, 0.1) is 0 Å². The van der Waals surface area contributed by atoms with Gasteiger partial charge in [-0.25, -0.2) is 4.98 Å². The van der Waals surface area contributed by atoms with Crippen LogP contribution in [-0.2, 0) is 0 Å². The largest absolute Gasteiger partial charge is 0.466 e. The van der Waals surface area contributed by atoms with Gasteiger partial charge < -0.3 is 9.72 Å². The maximum atomic E-state index is 11.7. The van der Waals surface area contributed by atoms with Crippen molar-refractivity contribution in [3.8, 4) is 5.88 Å². The van der Waals surface area contributed by atoms with Gasteiger partial charge in [0.1, 0.15) is 11.2 Å². The highest BCUT2D eigenvalue weighted by molar-refractivity contribution is 5.78. The Bertz CT molecular complexity index is 504. The van der Waals surface area contributed by atoms with E-state index in [2.05, 4.69) is 16.0 Å². The van der Waals surface area contributed by atoms with Crippen LogP contribution in [0.1, 0.15) is 31.7 Å². The molecule has 1 atom stereocenters. The number of H-pyrrole nitrogens is 1. The highest BCUT2D eigenvalue weighted by Gasteiger charge is 2.43. The first-order chi connectivity index (χ1) is 7.21. The second kappa shape index (κ2) is 2.72. The van der Waals surface area contributed by atoms with Crippen LogP contribution in [0.15, 0.2) is 17.2 Å². The first kappa shape index (κ1) is 8.71. The number of hydrogen-bond acceptors (Lipinski definition) is 3. The Morgan fingerprint density at radius 3 is 3.33 bits per heavy atom. The van der Waals surface area contributed by atoms with Crippen molar-refractivity contribution in [2.45, 2.75) is 31.8 Å². The summed E-state index contributed by atoms with van der Waals surface area (Å²) < 4.78 is 5.78. The summed E-state index contributed by atoms with van der Waals surface area (Å²) in [5.74, 6) is 0.481. The summed E-state index contributed by atoms with van der Waals surface area (Å²) in [6.45, 7) is 2.03. The van der Waals surface area contributed by atoms with Gasteiger partial charge in [-0.15, -0.1) is 0 Å². The number of nitrogens with one attached hydrogen (secondary N) is 1. The van der Waals surface area contributed by atoms with Gasteiger partial charge in [0, 0.05) is 5.57 Å². The van der Waals surface area contributed by atoms with E-state index >= 15 is 0 Å². The third kappa shape index (κ3) is 1.07. The molecule has 3 rings (SSSR count). The maximum Gasteiger partial charge on any atom is 0.262 e. The van der Waals surface area contributed by atoms with Crippen LogP contribution in [0.5, 0.6) is 5.88 Å². The van der Waals surface area contributed by atoms with E-state index in [0.717, 1.165) is 24.8 Å². The minimum atomic E-state index is -0.331. The van der Waals surface area contributed by atoms with Crippen molar-refractivity contribution in [3.05, 3.63) is 28.3 Å². The zero-order valence-electron chi connectivity index (χ0n) is 8.54. The van der Waals surface area contributed by atoms with E-state index in [-0.39, 0.29) is 11.2 Å². The lowest BCUT2D eigenvalue weighted by atomic mass is 9.83. The number of aromatic amines is 1. The van der Waals surface area contributed by atoms with Crippen LogP contribution in [-0.4, -0.2) is 15.6 Å². The molecule has 0 fully saturated rings. The molecule has 0 saturated carbocycles. The fourth-order valence-corrected chi connectivity index (χ4v) is 2.42. The summed E-state index contributed by atoms with van der Waals surface area (Å²) in [7, 11) is 0. The lowest BCUT2D eigenvalue weighted by Crippen LogP contribution is -2.31. The Morgan fingerprint density at radius 2 is 2.47 bits per heavy atom. The fraction of sp³-hybridized carbons (Fsp3) is 0.455. The van der Waals surface area contributed by atoms with Gasteiger partial charge in [-0.05, 0) is 26.2 Å². The highest BCUT2D eigenvalue weighted by Crippen LogP contribution is 2.45. The van der Waals surface area contributed by atoms with Gasteiger partial charge >= 0.3 is 0 Å². The number of aromatic nitrogens is 2. The second-order valence-corrected chi connectivity index (χ2v) is 4.25. The van der Waals surface area contributed by atoms with Crippen LogP contribution in [0.2, 0.25) is 0 Å². The molecule has 0 saturated heterocycles. The molecule has 0 amide bonds. The first-order valence-electron chi connectivity index (χ1n) is 5.18. The van der Waals surface area contributed by atoms with Crippen molar-refractivity contribution in [1.82, 2.24) is 9.97 Å². The van der Waals surface area contributed by atoms with Crippen molar-refractivity contribution in [3.63, 3.8) is 0 Å². The van der Waals surface area contributed by atoms with E-state index in [1.165, 1.54) is 6.33 Å². The van der Waals surface area contributed by atoms with E-state index in [1.807, 2.05) is 6.92 Å². The highest BCUT2D eigenvalue weighted by atomic mass is 16.5. The Kier molecular flexibility index (Phi) is 1.58. The third-order valence-corrected chi connectivity index (χ3v) is 3.19. The quantitative estimate of drug-likeness (QED) is 0.696. The minimum absolute atomic E-state index is 0.100. The topological polar surface area (TPSA) is 55.0 Å². The smallest absolute Gasteiger partial charge is 0.262 e. The molecule has 0 radical (unpaired) electrons. The number of fused-ring (bicyclic) bond motifs is 3. The molecule has 0 aromatic carbocycles. The number of rotatable bonds is 0. The Labute approximate surface area is 87.0 Å². The molecule has 1 unspecified atom stereocenters. The second-order valence-electron chi connectivity index (χ2n) is 4.25. The van der Waals surface area contributed by atoms with Crippen molar-refractivity contribution < 1.29 is 4.74 Å². The molecule has 4 nitrogen and oxygen atoms in total. The molecule has 1 aromatic heterocycles. The molecule has 1 aromatic rings. The van der Waals surface area contributed by atoms with Gasteiger partial charge in [-0.3, -0.25) is 4.79 Å². The van der Waals surface area contributed by atoms with Crippen molar-refractivity contribution in [2.24, 2.45) is 0 Å². The number of ether oxygens (including phenoxy) is 1. The number of hydrogen-bond donors (Lipinski definition) is 1. The lowest BCUT2D eigenvalue weighted by Gasteiger charge is -2.28. The minimum Gasteiger partial charge on any atom is -0.466 e. The van der Waals surface area contributed by atoms with Gasteiger partial charge in [0.05, 0.1) is 6.33 Å². The SMILES string of the molecule is CC12CCCC=C1c1c(nc[nH]c1=O)O2. The van der Waals surface area contributed by atoms with Crippen LogP contribution >= 0.6 is 0 Å². The average molecular weight is 204 g/mol. The molecule has 0 bridgehead atoms. The third-order valence-electron chi connectivity index (χ3n) is 3.19. The molecule has 15 heavy (non-hydrogen) atoms. The zero-order valence-corrected chi connectivity index (χ0v) is 8.54. The van der Waals surface area contributed by atoms with E-state index < -0.39 is 0 Å². The predicted octanol–water partition coefficient (Wildman–Crippen LogP) is 1.49. The summed E-state index contributed by atoms with van der Waals surface area (Å²) in [6.07, 6.45) is 6.57. The van der Waals surface area contributed by atoms with E-state index in [9.17, 15) is 4.79 Å². The van der Waals surface area contributed by atoms with Crippen LogP contribution in [0.25, 0.3) is 5.57 Å². The van der Waals surface area contributed by atoms with Gasteiger partial charge in [-0.1, -0.05) is 6.08 Å². The molecule has 1 N–H and O–H groups in total. The summed E-state index contributed by atoms with van der Waals surface area (Å²) in [4.78, 5) is 18.4. The Balaban J connectivity index is 2.28. The lowest BCUT2D eigenvalue weighted by molar-refractivity contribution is 0.143. The predicted molar refractivity (Wildman–Crippen MR) is 55.7 cm³/mol. The van der Waals surface area contributed by atoms with Gasteiger partial charge in [0.15, 0.2) is 0 Å². The van der Waals surface area contributed by atoms with E-state index in [1.54, 1.807) is 0 Å². The fourth-order valence-electron chi connectivity index (χ4n) is 2.42. The van der Waals surface area contributed by atoms with Crippen molar-refractivity contribution >= 4 is 5.57 Å². The molecule has 78 valence electrons. The molecular formula is C11H12N2O2. The molecule has 1 aliphatic heterocycles. The molecule has 1 aliphatic carbocycles. The summed E-state index contributed by atoms with van der Waals surface area (Å²) in [6, 6.07) is 0. The van der Waals surface area contributed by atoms with Gasteiger partial charge in [0.2, 0.25) is 5.88 Å². The first-order valence-corrected chi connectivity index (χ1v) is 5.18. The molecule has 2 aliphatic rings. The van der Waals surface area contributed by atoms with Crippen molar-refractivity contribution in [2.75, 3.05) is 0 Å². The molecule has 0 spiro atoms. The zero-order chi connectivity index (χ0) is 10.5. The number of allylic oxidation sites excluding steroid dienone is 1. The Hall–Kier alpha value is -1.58. The van der Waals surface area contributed by atoms with Gasteiger partial charge in [0.25, 0.3) is 5.56 Å². The summed E-state index contributed by atoms with van der Waals surface area (Å²) >= 11 is 0. The number of nitrogens with zero attached hydrogens (tertiary/aromatic N) is 1. The standard InChI is InChI=1S/C11H12N2O2/c1-11-5-3-2-4-7(11)8-9(14)12-6-13-10(8)15-11/h4,6H,2-3,5H2,1H3,(H,12,13,14). The normalized spacial score (nSPS) is 27.7. The maximum absolute atomic E-state index is 11.7. The molecular weight excluding hydrogens is 192 g/mol. The average Bonchev–Trinajstić information content (AvgIpc) is 2.51. The van der Waals surface area contributed by atoms with Crippen LogP contribution in [0.4, 0.5) is 0 Å². The van der Waals surface area contributed by atoms with Crippen molar-refractivity contribution in [1.29, 1.82) is 0 Å².